The maximum Gasteiger partial charge on any atom is 0.261 e. The lowest BCUT2D eigenvalue weighted by Crippen LogP contribution is -2.40. The molecule has 1 aliphatic heterocycles. The first-order valence-electron chi connectivity index (χ1n) is 7.66. The average molecular weight is 329 g/mol. The molecule has 0 fully saturated rings. The molecule has 1 aromatic carbocycles. The third kappa shape index (κ3) is 3.29. The number of thiophene rings is 1. The van der Waals surface area contributed by atoms with Gasteiger partial charge in [0, 0.05) is 17.0 Å². The summed E-state index contributed by atoms with van der Waals surface area (Å²) >= 11 is 1.76. The lowest BCUT2D eigenvalue weighted by molar-refractivity contribution is -0.135. The maximum absolute atomic E-state index is 12.5. The van der Waals surface area contributed by atoms with Gasteiger partial charge in [0.1, 0.15) is 5.75 Å². The third-order valence-electron chi connectivity index (χ3n) is 4.20. The molecule has 1 amide bonds. The summed E-state index contributed by atoms with van der Waals surface area (Å²) in [6, 6.07) is 9.12. The van der Waals surface area contributed by atoms with E-state index in [1.165, 1.54) is 17.4 Å². The number of nitrogens with zero attached hydrogens (tertiary/aromatic N) is 1. The van der Waals surface area contributed by atoms with E-state index in [-0.39, 0.29) is 24.3 Å². The molecule has 1 aromatic heterocycles. The second kappa shape index (κ2) is 6.54. The minimum atomic E-state index is -0.0254. The van der Waals surface area contributed by atoms with Gasteiger partial charge in [-0.25, -0.2) is 0 Å². The normalized spacial score (nSPS) is 16.8. The predicted molar refractivity (Wildman–Crippen MR) is 90.1 cm³/mol. The molecule has 0 saturated heterocycles. The first-order valence-corrected chi connectivity index (χ1v) is 8.54. The number of hydrogen-bond acceptors (Lipinski definition) is 4. The van der Waals surface area contributed by atoms with E-state index in [0.29, 0.717) is 11.3 Å². The van der Waals surface area contributed by atoms with Crippen molar-refractivity contribution < 1.29 is 14.3 Å². The van der Waals surface area contributed by atoms with Gasteiger partial charge >= 0.3 is 0 Å². The van der Waals surface area contributed by atoms with Gasteiger partial charge in [0.2, 0.25) is 0 Å². The molecule has 1 aliphatic rings. The highest BCUT2D eigenvalue weighted by atomic mass is 32.1. The molecule has 0 bridgehead atoms. The molecular weight excluding hydrogens is 310 g/mol. The van der Waals surface area contributed by atoms with Crippen molar-refractivity contribution in [2.24, 2.45) is 0 Å². The minimum absolute atomic E-state index is 0.00876. The number of ketones is 1. The Labute approximate surface area is 139 Å². The largest absolute Gasteiger partial charge is 0.484 e. The summed E-state index contributed by atoms with van der Waals surface area (Å²) in [5.74, 6) is 0.505. The second-order valence-electron chi connectivity index (χ2n) is 5.68. The van der Waals surface area contributed by atoms with Gasteiger partial charge in [-0.3, -0.25) is 9.59 Å². The van der Waals surface area contributed by atoms with Crippen molar-refractivity contribution >= 4 is 23.0 Å². The average Bonchev–Trinajstić information content (AvgIpc) is 3.03. The number of carbonyl (C=O) groups is 2. The number of amides is 1. The number of hydrogen-bond donors (Lipinski definition) is 0. The molecule has 120 valence electrons. The van der Waals surface area contributed by atoms with Crippen LogP contribution in [0.5, 0.6) is 5.75 Å². The lowest BCUT2D eigenvalue weighted by Gasteiger charge is -2.33. The molecule has 1 unspecified atom stereocenters. The summed E-state index contributed by atoms with van der Waals surface area (Å²) in [6.45, 7) is 4.28. The van der Waals surface area contributed by atoms with E-state index in [0.717, 1.165) is 13.0 Å². The molecule has 2 aromatic rings. The van der Waals surface area contributed by atoms with Crippen LogP contribution in [0, 0.1) is 0 Å². The molecule has 0 spiro atoms. The van der Waals surface area contributed by atoms with Crippen molar-refractivity contribution in [1.29, 1.82) is 0 Å². The van der Waals surface area contributed by atoms with Crippen LogP contribution in [0.3, 0.4) is 0 Å². The van der Waals surface area contributed by atoms with Crippen LogP contribution >= 0.6 is 11.3 Å². The van der Waals surface area contributed by atoms with E-state index >= 15 is 0 Å². The van der Waals surface area contributed by atoms with Crippen molar-refractivity contribution in [2.75, 3.05) is 13.2 Å². The number of fused-ring (bicyclic) bond motifs is 1. The number of benzene rings is 1. The van der Waals surface area contributed by atoms with Crippen LogP contribution in [0.15, 0.2) is 35.7 Å². The van der Waals surface area contributed by atoms with Gasteiger partial charge in [-0.2, -0.15) is 0 Å². The van der Waals surface area contributed by atoms with E-state index in [1.807, 2.05) is 4.90 Å². The Morgan fingerprint density at radius 2 is 2.17 bits per heavy atom. The molecular formula is C18H19NO3S. The fourth-order valence-corrected chi connectivity index (χ4v) is 3.85. The Morgan fingerprint density at radius 1 is 1.35 bits per heavy atom. The maximum atomic E-state index is 12.5. The van der Waals surface area contributed by atoms with Crippen LogP contribution in [0.2, 0.25) is 0 Å². The van der Waals surface area contributed by atoms with Crippen molar-refractivity contribution in [1.82, 2.24) is 4.90 Å². The SMILES string of the molecule is CC(=O)c1cccc(OCC(=O)N2CCc3sccc3C2C)c1. The topological polar surface area (TPSA) is 46.6 Å². The highest BCUT2D eigenvalue weighted by Gasteiger charge is 2.28. The van der Waals surface area contributed by atoms with Gasteiger partial charge in [-0.1, -0.05) is 12.1 Å². The summed E-state index contributed by atoms with van der Waals surface area (Å²) in [6.07, 6.45) is 0.906. The molecule has 0 saturated carbocycles. The highest BCUT2D eigenvalue weighted by Crippen LogP contribution is 2.32. The van der Waals surface area contributed by atoms with Crippen LogP contribution in [-0.2, 0) is 11.2 Å². The van der Waals surface area contributed by atoms with Gasteiger partial charge in [0.15, 0.2) is 12.4 Å². The molecule has 0 radical (unpaired) electrons. The van der Waals surface area contributed by atoms with Crippen LogP contribution in [-0.4, -0.2) is 29.7 Å². The Bertz CT molecular complexity index is 737. The number of ether oxygens (including phenoxy) is 1. The summed E-state index contributed by atoms with van der Waals surface area (Å²) in [5, 5.41) is 2.08. The fraction of sp³-hybridized carbons (Fsp3) is 0.333. The molecule has 2 heterocycles. The standard InChI is InChI=1S/C18H19NO3S/c1-12-16-7-9-23-17(16)6-8-19(12)18(21)11-22-15-5-3-4-14(10-15)13(2)20/h3-5,7,9-10,12H,6,8,11H2,1-2H3. The number of carbonyl (C=O) groups excluding carboxylic acids is 2. The van der Waals surface area contributed by atoms with Crippen molar-refractivity contribution in [3.05, 3.63) is 51.7 Å². The number of Topliss-reactive ketones (excluding diaryl/α,β-unsaturated/α-hetero) is 1. The first-order chi connectivity index (χ1) is 11.1. The van der Waals surface area contributed by atoms with E-state index in [1.54, 1.807) is 35.6 Å². The summed E-state index contributed by atoms with van der Waals surface area (Å²) in [5.41, 5.74) is 1.83. The predicted octanol–water partition coefficient (Wildman–Crippen LogP) is 3.48. The Kier molecular flexibility index (Phi) is 4.48. The van der Waals surface area contributed by atoms with Crippen LogP contribution in [0.4, 0.5) is 0 Å². The monoisotopic (exact) mass is 329 g/mol. The van der Waals surface area contributed by atoms with Crippen LogP contribution in [0.1, 0.15) is 40.7 Å². The summed E-state index contributed by atoms with van der Waals surface area (Å²) in [7, 11) is 0. The van der Waals surface area contributed by atoms with Gasteiger partial charge < -0.3 is 9.64 Å². The molecule has 23 heavy (non-hydrogen) atoms. The molecule has 1 atom stereocenters. The van der Waals surface area contributed by atoms with Gasteiger partial charge in [0.05, 0.1) is 6.04 Å². The molecule has 4 nitrogen and oxygen atoms in total. The summed E-state index contributed by atoms with van der Waals surface area (Å²) in [4.78, 5) is 27.1. The smallest absolute Gasteiger partial charge is 0.261 e. The van der Waals surface area contributed by atoms with Gasteiger partial charge in [0.25, 0.3) is 5.91 Å². The Hall–Kier alpha value is -2.14. The molecule has 0 aliphatic carbocycles. The van der Waals surface area contributed by atoms with E-state index in [9.17, 15) is 9.59 Å². The quantitative estimate of drug-likeness (QED) is 0.807. The second-order valence-corrected chi connectivity index (χ2v) is 6.69. The van der Waals surface area contributed by atoms with Crippen molar-refractivity contribution in [3.8, 4) is 5.75 Å². The zero-order chi connectivity index (χ0) is 16.4. The molecule has 3 rings (SSSR count). The Balaban J connectivity index is 1.64. The highest BCUT2D eigenvalue weighted by molar-refractivity contribution is 7.10. The molecule has 0 N–H and O–H groups in total. The summed E-state index contributed by atoms with van der Waals surface area (Å²) < 4.78 is 5.59. The van der Waals surface area contributed by atoms with Gasteiger partial charge in [-0.05, 0) is 49.4 Å². The fourth-order valence-electron chi connectivity index (χ4n) is 2.88. The Morgan fingerprint density at radius 3 is 2.96 bits per heavy atom. The lowest BCUT2D eigenvalue weighted by atomic mass is 10.0. The van der Waals surface area contributed by atoms with Crippen LogP contribution < -0.4 is 4.74 Å². The minimum Gasteiger partial charge on any atom is -0.484 e. The van der Waals surface area contributed by atoms with Crippen LogP contribution in [0.25, 0.3) is 0 Å². The third-order valence-corrected chi connectivity index (χ3v) is 5.20. The van der Waals surface area contributed by atoms with Gasteiger partial charge in [-0.15, -0.1) is 11.3 Å². The zero-order valence-corrected chi connectivity index (χ0v) is 14.1. The van der Waals surface area contributed by atoms with E-state index in [2.05, 4.69) is 18.4 Å². The van der Waals surface area contributed by atoms with E-state index < -0.39 is 0 Å². The molecule has 5 heteroatoms. The first kappa shape index (κ1) is 15.7. The van der Waals surface area contributed by atoms with E-state index in [4.69, 9.17) is 4.74 Å². The van der Waals surface area contributed by atoms with Crippen molar-refractivity contribution in [2.45, 2.75) is 26.3 Å². The number of rotatable bonds is 4. The van der Waals surface area contributed by atoms with Crippen molar-refractivity contribution in [3.63, 3.8) is 0 Å². The zero-order valence-electron chi connectivity index (χ0n) is 13.2.